The van der Waals surface area contributed by atoms with Gasteiger partial charge in [-0.25, -0.2) is 4.98 Å². The molecule has 0 amide bonds. The molecule has 0 aliphatic heterocycles. The predicted octanol–water partition coefficient (Wildman–Crippen LogP) is 3.57. The highest BCUT2D eigenvalue weighted by Gasteiger charge is 2.10. The van der Waals surface area contributed by atoms with Crippen molar-refractivity contribution in [2.45, 2.75) is 29.9 Å². The van der Waals surface area contributed by atoms with Crippen molar-refractivity contribution in [3.63, 3.8) is 0 Å². The first-order valence-corrected chi connectivity index (χ1v) is 11.8. The first-order chi connectivity index (χ1) is 13.2. The molecule has 11 heteroatoms. The van der Waals surface area contributed by atoms with Gasteiger partial charge in [-0.2, -0.15) is 9.61 Å². The molecule has 0 radical (unpaired) electrons. The van der Waals surface area contributed by atoms with E-state index in [-0.39, 0.29) is 5.56 Å². The first-order valence-electron chi connectivity index (χ1n) is 8.32. The number of aryl methyl sites for hydroxylation is 1. The molecule has 140 valence electrons. The van der Waals surface area contributed by atoms with Crippen molar-refractivity contribution in [1.82, 2.24) is 24.8 Å². The highest BCUT2D eigenvalue weighted by molar-refractivity contribution is 8.00. The van der Waals surface area contributed by atoms with E-state index in [0.29, 0.717) is 10.7 Å². The molecule has 0 bridgehead atoms. The smallest absolute Gasteiger partial charge is 0.275 e. The number of hydrogen-bond acceptors (Lipinski definition) is 10. The van der Waals surface area contributed by atoms with Crippen molar-refractivity contribution < 1.29 is 0 Å². The maximum Gasteiger partial charge on any atom is 0.275 e. The molecule has 0 saturated carbocycles. The van der Waals surface area contributed by atoms with Crippen LogP contribution >= 0.6 is 45.8 Å². The van der Waals surface area contributed by atoms with Crippen molar-refractivity contribution in [1.29, 1.82) is 0 Å². The largest absolute Gasteiger partial charge is 0.360 e. The van der Waals surface area contributed by atoms with Gasteiger partial charge in [-0.1, -0.05) is 47.4 Å². The zero-order valence-electron chi connectivity index (χ0n) is 14.4. The second-order valence-electron chi connectivity index (χ2n) is 5.55. The molecule has 0 aromatic carbocycles. The molecule has 4 aromatic heterocycles. The molecule has 4 aromatic rings. The summed E-state index contributed by atoms with van der Waals surface area (Å²) in [6.07, 6.45) is 1.77. The molecule has 0 unspecified atom stereocenters. The highest BCUT2D eigenvalue weighted by atomic mass is 32.2. The first kappa shape index (κ1) is 18.5. The summed E-state index contributed by atoms with van der Waals surface area (Å²) in [5, 5.41) is 19.8. The van der Waals surface area contributed by atoms with Crippen molar-refractivity contribution >= 4 is 55.9 Å². The van der Waals surface area contributed by atoms with Crippen LogP contribution in [-0.2, 0) is 18.6 Å². The normalized spacial score (nSPS) is 11.3. The van der Waals surface area contributed by atoms with Gasteiger partial charge in [-0.3, -0.25) is 4.79 Å². The summed E-state index contributed by atoms with van der Waals surface area (Å²) in [6, 6.07) is 5.74. The molecule has 0 aliphatic carbocycles. The average Bonchev–Trinajstić information content (AvgIpc) is 3.41. The van der Waals surface area contributed by atoms with Crippen LogP contribution in [-0.4, -0.2) is 31.3 Å². The standard InChI is InChI=1S/C16H16N6OS4/c1-2-12-21-22-13(23)8-10(18-15(22)26-12)9-25-16-20-19-14(27-16)17-6-5-11-4-3-7-24-11/h3-4,7-8H,2,5-6,9H2,1H3,(H,17,19). The van der Waals surface area contributed by atoms with Crippen LogP contribution in [0.5, 0.6) is 0 Å². The fraction of sp³-hybridized carbons (Fsp3) is 0.312. The number of aromatic nitrogens is 5. The van der Waals surface area contributed by atoms with Crippen molar-refractivity contribution in [2.75, 3.05) is 11.9 Å². The van der Waals surface area contributed by atoms with E-state index in [1.807, 2.05) is 6.92 Å². The van der Waals surface area contributed by atoms with Gasteiger partial charge in [0, 0.05) is 23.2 Å². The number of thioether (sulfide) groups is 1. The van der Waals surface area contributed by atoms with Crippen LogP contribution in [0, 0.1) is 0 Å². The van der Waals surface area contributed by atoms with Crippen LogP contribution in [0.3, 0.4) is 0 Å². The van der Waals surface area contributed by atoms with E-state index in [0.717, 1.165) is 39.6 Å². The predicted molar refractivity (Wildman–Crippen MR) is 112 cm³/mol. The lowest BCUT2D eigenvalue weighted by Gasteiger charge is -1.99. The van der Waals surface area contributed by atoms with Crippen LogP contribution in [0.15, 0.2) is 32.7 Å². The Morgan fingerprint density at radius 3 is 3.04 bits per heavy atom. The van der Waals surface area contributed by atoms with Crippen LogP contribution in [0.2, 0.25) is 0 Å². The minimum absolute atomic E-state index is 0.139. The maximum atomic E-state index is 12.2. The van der Waals surface area contributed by atoms with E-state index in [9.17, 15) is 4.79 Å². The summed E-state index contributed by atoms with van der Waals surface area (Å²) in [5.74, 6) is 0.578. The minimum Gasteiger partial charge on any atom is -0.360 e. The number of anilines is 1. The Hall–Kier alpha value is -1.82. The Kier molecular flexibility index (Phi) is 5.81. The van der Waals surface area contributed by atoms with Gasteiger partial charge in [-0.15, -0.1) is 21.5 Å². The lowest BCUT2D eigenvalue weighted by molar-refractivity contribution is 0.852. The summed E-state index contributed by atoms with van der Waals surface area (Å²) < 4.78 is 2.23. The van der Waals surface area contributed by atoms with Gasteiger partial charge in [0.2, 0.25) is 10.1 Å². The summed E-state index contributed by atoms with van der Waals surface area (Å²) in [7, 11) is 0. The number of thiophene rings is 1. The molecule has 7 nitrogen and oxygen atoms in total. The Labute approximate surface area is 171 Å². The summed E-state index contributed by atoms with van der Waals surface area (Å²) >= 11 is 6.27. The van der Waals surface area contributed by atoms with Gasteiger partial charge in [0.25, 0.3) is 5.56 Å². The molecule has 1 N–H and O–H groups in total. The lowest BCUT2D eigenvalue weighted by atomic mass is 10.3. The maximum absolute atomic E-state index is 12.2. The Balaban J connectivity index is 1.35. The fourth-order valence-electron chi connectivity index (χ4n) is 2.34. The summed E-state index contributed by atoms with van der Waals surface area (Å²) in [4.78, 5) is 18.7. The topological polar surface area (TPSA) is 85.1 Å². The molecular formula is C16H16N6OS4. The van der Waals surface area contributed by atoms with Gasteiger partial charge in [0.05, 0.1) is 5.69 Å². The second-order valence-corrected chi connectivity index (χ2v) is 9.82. The lowest BCUT2D eigenvalue weighted by Crippen LogP contribution is -2.15. The van der Waals surface area contributed by atoms with E-state index in [4.69, 9.17) is 0 Å². The van der Waals surface area contributed by atoms with Crippen LogP contribution < -0.4 is 10.9 Å². The van der Waals surface area contributed by atoms with Crippen molar-refractivity contribution in [2.24, 2.45) is 0 Å². The quantitative estimate of drug-likeness (QED) is 0.423. The van der Waals surface area contributed by atoms with Gasteiger partial charge in [0.1, 0.15) is 5.01 Å². The monoisotopic (exact) mass is 436 g/mol. The fourth-order valence-corrected chi connectivity index (χ4v) is 5.57. The van der Waals surface area contributed by atoms with Crippen LogP contribution in [0.4, 0.5) is 5.13 Å². The van der Waals surface area contributed by atoms with E-state index in [1.54, 1.807) is 17.4 Å². The highest BCUT2D eigenvalue weighted by Crippen LogP contribution is 2.28. The Morgan fingerprint density at radius 2 is 2.22 bits per heavy atom. The molecule has 4 heterocycles. The third-order valence-corrected chi connectivity index (χ3v) is 7.66. The van der Waals surface area contributed by atoms with E-state index >= 15 is 0 Å². The molecule has 0 atom stereocenters. The van der Waals surface area contributed by atoms with E-state index < -0.39 is 0 Å². The third-order valence-electron chi connectivity index (χ3n) is 3.62. The number of fused-ring (bicyclic) bond motifs is 1. The molecule has 0 saturated heterocycles. The Morgan fingerprint density at radius 1 is 1.30 bits per heavy atom. The molecule has 4 rings (SSSR count). The molecule has 27 heavy (non-hydrogen) atoms. The molecule has 0 fully saturated rings. The molecule has 0 spiro atoms. The third kappa shape index (κ3) is 4.54. The second kappa shape index (κ2) is 8.46. The van der Waals surface area contributed by atoms with E-state index in [2.05, 4.69) is 43.1 Å². The molecular weight excluding hydrogens is 420 g/mol. The SMILES string of the molecule is CCc1nn2c(=O)cc(CSc3nnc(NCCc4cccs4)s3)nc2s1. The number of hydrogen-bond donors (Lipinski definition) is 1. The minimum atomic E-state index is -0.139. The Bertz CT molecular complexity index is 1080. The number of nitrogens with one attached hydrogen (secondary N) is 1. The van der Waals surface area contributed by atoms with Crippen LogP contribution in [0.1, 0.15) is 22.5 Å². The summed E-state index contributed by atoms with van der Waals surface area (Å²) in [5.41, 5.74) is 0.596. The average molecular weight is 437 g/mol. The molecule has 0 aliphatic rings. The zero-order valence-corrected chi connectivity index (χ0v) is 17.7. The number of rotatable bonds is 8. The van der Waals surface area contributed by atoms with Crippen molar-refractivity contribution in [3.05, 3.63) is 49.5 Å². The van der Waals surface area contributed by atoms with Crippen molar-refractivity contribution in [3.8, 4) is 0 Å². The zero-order chi connectivity index (χ0) is 18.6. The van der Waals surface area contributed by atoms with Gasteiger partial charge in [0.15, 0.2) is 4.34 Å². The van der Waals surface area contributed by atoms with Gasteiger partial charge < -0.3 is 5.32 Å². The van der Waals surface area contributed by atoms with Gasteiger partial charge in [-0.05, 0) is 24.3 Å². The summed E-state index contributed by atoms with van der Waals surface area (Å²) in [6.45, 7) is 2.85. The van der Waals surface area contributed by atoms with Gasteiger partial charge >= 0.3 is 0 Å². The van der Waals surface area contributed by atoms with E-state index in [1.165, 1.54) is 43.8 Å². The van der Waals surface area contributed by atoms with Crippen LogP contribution in [0.25, 0.3) is 4.96 Å². The number of nitrogens with zero attached hydrogens (tertiary/aromatic N) is 5.